The lowest BCUT2D eigenvalue weighted by atomic mass is 9.97. The Bertz CT molecular complexity index is 952. The SMILES string of the molecule is Clc1ccccc1[C@@H]1Oc2ccccc2[C@H]2CC(c3ccco3)=NN21. The van der Waals surface area contributed by atoms with Crippen molar-refractivity contribution in [3.05, 3.63) is 88.8 Å². The lowest BCUT2D eigenvalue weighted by molar-refractivity contribution is -0.0189. The highest BCUT2D eigenvalue weighted by atomic mass is 35.5. The molecule has 2 aliphatic heterocycles. The maximum absolute atomic E-state index is 6.44. The Morgan fingerprint density at radius 1 is 0.960 bits per heavy atom. The molecule has 0 fully saturated rings. The minimum absolute atomic E-state index is 0.103. The molecular weight excluding hydrogens is 336 g/mol. The van der Waals surface area contributed by atoms with Crippen molar-refractivity contribution in [2.24, 2.45) is 5.10 Å². The van der Waals surface area contributed by atoms with Crippen molar-refractivity contribution in [1.29, 1.82) is 0 Å². The van der Waals surface area contributed by atoms with Crippen molar-refractivity contribution in [1.82, 2.24) is 5.01 Å². The number of rotatable bonds is 2. The average molecular weight is 351 g/mol. The highest BCUT2D eigenvalue weighted by Gasteiger charge is 2.41. The maximum atomic E-state index is 6.44. The first-order valence-electron chi connectivity index (χ1n) is 8.21. The molecular formula is C20H15ClN2O2. The summed E-state index contributed by atoms with van der Waals surface area (Å²) in [5.41, 5.74) is 2.97. The molecule has 5 heteroatoms. The van der Waals surface area contributed by atoms with Crippen LogP contribution in [0.1, 0.15) is 35.6 Å². The fourth-order valence-electron chi connectivity index (χ4n) is 3.51. The number of ether oxygens (including phenoxy) is 1. The molecule has 0 bridgehead atoms. The van der Waals surface area contributed by atoms with E-state index >= 15 is 0 Å². The minimum atomic E-state index is -0.360. The smallest absolute Gasteiger partial charge is 0.215 e. The van der Waals surface area contributed by atoms with Crippen LogP contribution < -0.4 is 4.74 Å². The van der Waals surface area contributed by atoms with Crippen LogP contribution in [0.2, 0.25) is 5.02 Å². The summed E-state index contributed by atoms with van der Waals surface area (Å²) < 4.78 is 11.8. The second-order valence-electron chi connectivity index (χ2n) is 6.15. The van der Waals surface area contributed by atoms with E-state index in [1.54, 1.807) is 6.26 Å². The standard InChI is InChI=1S/C20H15ClN2O2/c21-15-8-3-1-6-13(15)20-23-17(14-7-2-4-9-18(14)25-20)12-16(22-23)19-10-5-11-24-19/h1-11,17,20H,12H2/t17-,20+/m1/s1. The molecule has 2 aliphatic rings. The number of furan rings is 1. The molecule has 0 unspecified atom stereocenters. The number of hydrogen-bond donors (Lipinski definition) is 0. The average Bonchev–Trinajstić information content (AvgIpc) is 3.31. The van der Waals surface area contributed by atoms with E-state index in [9.17, 15) is 0 Å². The molecule has 3 heterocycles. The van der Waals surface area contributed by atoms with Crippen molar-refractivity contribution in [2.45, 2.75) is 18.7 Å². The van der Waals surface area contributed by atoms with Crippen LogP contribution in [0.25, 0.3) is 0 Å². The molecule has 3 aromatic rings. The molecule has 4 nitrogen and oxygen atoms in total. The Kier molecular flexibility index (Phi) is 3.31. The van der Waals surface area contributed by atoms with Gasteiger partial charge in [-0.2, -0.15) is 5.10 Å². The Morgan fingerprint density at radius 2 is 1.76 bits per heavy atom. The van der Waals surface area contributed by atoms with E-state index in [2.05, 4.69) is 6.07 Å². The van der Waals surface area contributed by atoms with Crippen molar-refractivity contribution < 1.29 is 9.15 Å². The lowest BCUT2D eigenvalue weighted by Crippen LogP contribution is -2.33. The number of para-hydroxylation sites is 1. The Hall–Kier alpha value is -2.72. The molecule has 5 rings (SSSR count). The maximum Gasteiger partial charge on any atom is 0.215 e. The highest BCUT2D eigenvalue weighted by Crippen LogP contribution is 2.48. The van der Waals surface area contributed by atoms with Crippen LogP contribution in [0.15, 0.2) is 76.4 Å². The fourth-order valence-corrected chi connectivity index (χ4v) is 3.74. The molecule has 2 aromatic carbocycles. The predicted octanol–water partition coefficient (Wildman–Crippen LogP) is 5.18. The monoisotopic (exact) mass is 350 g/mol. The summed E-state index contributed by atoms with van der Waals surface area (Å²) in [6.07, 6.45) is 2.08. The van der Waals surface area contributed by atoms with Gasteiger partial charge in [0.05, 0.1) is 12.3 Å². The summed E-state index contributed by atoms with van der Waals surface area (Å²) in [6, 6.07) is 19.8. The third-order valence-electron chi connectivity index (χ3n) is 4.68. The van der Waals surface area contributed by atoms with Gasteiger partial charge in [0.2, 0.25) is 6.23 Å². The van der Waals surface area contributed by atoms with Gasteiger partial charge in [0.1, 0.15) is 17.2 Å². The molecule has 25 heavy (non-hydrogen) atoms. The molecule has 0 aliphatic carbocycles. The first-order valence-corrected chi connectivity index (χ1v) is 8.59. The normalized spacial score (nSPS) is 21.3. The van der Waals surface area contributed by atoms with Crippen molar-refractivity contribution >= 4 is 17.3 Å². The van der Waals surface area contributed by atoms with Crippen LogP contribution in [-0.4, -0.2) is 10.7 Å². The lowest BCUT2D eigenvalue weighted by Gasteiger charge is -2.38. The number of hydrazone groups is 1. The Labute approximate surface area is 150 Å². The van der Waals surface area contributed by atoms with E-state index in [0.29, 0.717) is 5.02 Å². The summed E-state index contributed by atoms with van der Waals surface area (Å²) in [7, 11) is 0. The van der Waals surface area contributed by atoms with Gasteiger partial charge in [-0.05, 0) is 24.3 Å². The fraction of sp³-hybridized carbons (Fsp3) is 0.150. The molecule has 2 atom stereocenters. The van der Waals surface area contributed by atoms with Gasteiger partial charge < -0.3 is 9.15 Å². The van der Waals surface area contributed by atoms with E-state index in [0.717, 1.165) is 34.8 Å². The quantitative estimate of drug-likeness (QED) is 0.639. The van der Waals surface area contributed by atoms with E-state index in [1.165, 1.54) is 0 Å². The molecule has 0 saturated heterocycles. The number of hydrogen-bond acceptors (Lipinski definition) is 4. The summed E-state index contributed by atoms with van der Waals surface area (Å²) in [5, 5.41) is 7.50. The first-order chi connectivity index (χ1) is 12.3. The van der Waals surface area contributed by atoms with Gasteiger partial charge in [-0.3, -0.25) is 0 Å². The van der Waals surface area contributed by atoms with Gasteiger partial charge in [-0.15, -0.1) is 0 Å². The van der Waals surface area contributed by atoms with Gasteiger partial charge in [0.15, 0.2) is 0 Å². The van der Waals surface area contributed by atoms with Gasteiger partial charge in [0.25, 0.3) is 0 Å². The topological polar surface area (TPSA) is 38.0 Å². The molecule has 0 N–H and O–H groups in total. The largest absolute Gasteiger partial charge is 0.464 e. The number of benzene rings is 2. The molecule has 124 valence electrons. The van der Waals surface area contributed by atoms with E-state index in [4.69, 9.17) is 25.9 Å². The summed E-state index contributed by atoms with van der Waals surface area (Å²) in [4.78, 5) is 0. The molecule has 0 spiro atoms. The van der Waals surface area contributed by atoms with Crippen LogP contribution >= 0.6 is 11.6 Å². The zero-order valence-electron chi connectivity index (χ0n) is 13.3. The predicted molar refractivity (Wildman–Crippen MR) is 95.7 cm³/mol. The van der Waals surface area contributed by atoms with E-state index in [1.807, 2.05) is 59.6 Å². The third kappa shape index (κ3) is 2.33. The van der Waals surface area contributed by atoms with Crippen molar-refractivity contribution in [3.8, 4) is 5.75 Å². The molecule has 0 radical (unpaired) electrons. The van der Waals surface area contributed by atoms with Gasteiger partial charge >= 0.3 is 0 Å². The van der Waals surface area contributed by atoms with Gasteiger partial charge in [-0.1, -0.05) is 48.0 Å². The van der Waals surface area contributed by atoms with Gasteiger partial charge in [-0.25, -0.2) is 5.01 Å². The second kappa shape index (κ2) is 5.67. The van der Waals surface area contributed by atoms with Crippen LogP contribution in [0.5, 0.6) is 5.75 Å². The zero-order chi connectivity index (χ0) is 16.8. The Morgan fingerprint density at radius 3 is 2.56 bits per heavy atom. The summed E-state index contributed by atoms with van der Waals surface area (Å²) in [5.74, 6) is 1.68. The Balaban J connectivity index is 1.63. The number of fused-ring (bicyclic) bond motifs is 3. The van der Waals surface area contributed by atoms with Crippen molar-refractivity contribution in [2.75, 3.05) is 0 Å². The second-order valence-corrected chi connectivity index (χ2v) is 6.56. The van der Waals surface area contributed by atoms with Crippen LogP contribution in [0.3, 0.4) is 0 Å². The molecule has 1 aromatic heterocycles. The zero-order valence-corrected chi connectivity index (χ0v) is 14.1. The van der Waals surface area contributed by atoms with Crippen LogP contribution in [-0.2, 0) is 0 Å². The van der Waals surface area contributed by atoms with Gasteiger partial charge in [0, 0.05) is 22.6 Å². The molecule has 0 amide bonds. The summed E-state index contributed by atoms with van der Waals surface area (Å²) in [6.45, 7) is 0. The minimum Gasteiger partial charge on any atom is -0.464 e. The van der Waals surface area contributed by atoms with E-state index in [-0.39, 0.29) is 12.3 Å². The number of halogens is 1. The summed E-state index contributed by atoms with van der Waals surface area (Å²) >= 11 is 6.44. The molecule has 0 saturated carbocycles. The van der Waals surface area contributed by atoms with Crippen LogP contribution in [0, 0.1) is 0 Å². The highest BCUT2D eigenvalue weighted by molar-refractivity contribution is 6.31. The van der Waals surface area contributed by atoms with E-state index < -0.39 is 0 Å². The number of nitrogens with zero attached hydrogens (tertiary/aromatic N) is 2. The van der Waals surface area contributed by atoms with Crippen molar-refractivity contribution in [3.63, 3.8) is 0 Å². The first kappa shape index (κ1) is 14.6. The third-order valence-corrected chi connectivity index (χ3v) is 5.02. The van der Waals surface area contributed by atoms with Crippen LogP contribution in [0.4, 0.5) is 0 Å².